The van der Waals surface area contributed by atoms with Crippen molar-refractivity contribution in [2.45, 2.75) is 90.8 Å². The van der Waals surface area contributed by atoms with E-state index in [0.29, 0.717) is 11.5 Å². The van der Waals surface area contributed by atoms with Crippen LogP contribution in [0.4, 0.5) is 0 Å². The molecule has 2 heterocycles. The lowest BCUT2D eigenvalue weighted by Crippen LogP contribution is -2.35. The molecule has 5 nitrogen and oxygen atoms in total. The van der Waals surface area contributed by atoms with Crippen molar-refractivity contribution in [2.24, 2.45) is 5.41 Å². The second-order valence-electron chi connectivity index (χ2n) is 9.20. The molecule has 1 aromatic rings. The summed E-state index contributed by atoms with van der Waals surface area (Å²) < 4.78 is 8.50. The number of hydrogen-bond acceptors (Lipinski definition) is 4. The molecule has 1 aromatic heterocycles. The highest BCUT2D eigenvalue weighted by molar-refractivity contribution is 5.10. The van der Waals surface area contributed by atoms with Gasteiger partial charge in [-0.25, -0.2) is 4.68 Å². The summed E-state index contributed by atoms with van der Waals surface area (Å²) in [6, 6.07) is 0.480. The third-order valence-corrected chi connectivity index (χ3v) is 6.08. The SMILES string of the molecule is CCCCN(C)Cc1c(C)nnn1C1CCC2(CC1)CC(C)(C)CO2. The largest absolute Gasteiger partial charge is 0.374 e. The van der Waals surface area contributed by atoms with E-state index in [0.717, 1.165) is 51.1 Å². The van der Waals surface area contributed by atoms with Gasteiger partial charge in [-0.1, -0.05) is 32.4 Å². The molecule has 25 heavy (non-hydrogen) atoms. The van der Waals surface area contributed by atoms with E-state index in [1.807, 2.05) is 0 Å². The van der Waals surface area contributed by atoms with Gasteiger partial charge in [0.1, 0.15) is 0 Å². The zero-order chi connectivity index (χ0) is 18.1. The Labute approximate surface area is 153 Å². The monoisotopic (exact) mass is 348 g/mol. The number of unbranched alkanes of at least 4 members (excludes halogenated alkanes) is 1. The molecule has 0 bridgehead atoms. The second kappa shape index (κ2) is 7.36. The van der Waals surface area contributed by atoms with Crippen LogP contribution in [0.2, 0.25) is 0 Å². The summed E-state index contributed by atoms with van der Waals surface area (Å²) in [6.07, 6.45) is 8.32. The molecule has 0 N–H and O–H groups in total. The van der Waals surface area contributed by atoms with Crippen LogP contribution in [-0.4, -0.2) is 45.7 Å². The van der Waals surface area contributed by atoms with Crippen molar-refractivity contribution in [1.29, 1.82) is 0 Å². The lowest BCUT2D eigenvalue weighted by molar-refractivity contribution is -0.0355. The lowest BCUT2D eigenvalue weighted by Gasteiger charge is -2.37. The maximum atomic E-state index is 6.27. The van der Waals surface area contributed by atoms with E-state index in [-0.39, 0.29) is 5.60 Å². The fourth-order valence-corrected chi connectivity index (χ4v) is 4.65. The van der Waals surface area contributed by atoms with Crippen LogP contribution < -0.4 is 0 Å². The van der Waals surface area contributed by atoms with Gasteiger partial charge in [0.2, 0.25) is 0 Å². The zero-order valence-electron chi connectivity index (χ0n) is 16.8. The first-order valence-corrected chi connectivity index (χ1v) is 10.1. The van der Waals surface area contributed by atoms with Crippen LogP contribution in [0.15, 0.2) is 0 Å². The molecule has 0 unspecified atom stereocenters. The Hall–Kier alpha value is -0.940. The molecule has 3 rings (SSSR count). The maximum absolute atomic E-state index is 6.27. The number of aryl methyl sites for hydroxylation is 1. The predicted molar refractivity (Wildman–Crippen MR) is 101 cm³/mol. The summed E-state index contributed by atoms with van der Waals surface area (Å²) in [4.78, 5) is 2.40. The minimum atomic E-state index is 0.133. The first-order chi connectivity index (χ1) is 11.8. The molecule has 0 amide bonds. The third kappa shape index (κ3) is 4.25. The highest BCUT2D eigenvalue weighted by Crippen LogP contribution is 2.48. The van der Waals surface area contributed by atoms with E-state index in [9.17, 15) is 0 Å². The molecule has 0 atom stereocenters. The number of rotatable bonds is 6. The normalized spacial score (nSPS) is 29.0. The quantitative estimate of drug-likeness (QED) is 0.775. The van der Waals surface area contributed by atoms with Crippen LogP contribution in [0.3, 0.4) is 0 Å². The van der Waals surface area contributed by atoms with E-state index in [4.69, 9.17) is 4.74 Å². The van der Waals surface area contributed by atoms with Gasteiger partial charge in [0.15, 0.2) is 0 Å². The minimum Gasteiger partial charge on any atom is -0.374 e. The van der Waals surface area contributed by atoms with Gasteiger partial charge >= 0.3 is 0 Å². The van der Waals surface area contributed by atoms with Crippen molar-refractivity contribution < 1.29 is 4.74 Å². The average molecular weight is 349 g/mol. The molecule has 142 valence electrons. The summed E-state index contributed by atoms with van der Waals surface area (Å²) in [5.74, 6) is 0. The van der Waals surface area contributed by atoms with Crippen molar-refractivity contribution in [2.75, 3.05) is 20.2 Å². The Bertz CT molecular complexity index is 572. The lowest BCUT2D eigenvalue weighted by atomic mass is 9.75. The summed E-state index contributed by atoms with van der Waals surface area (Å²) in [5.41, 5.74) is 2.85. The molecular formula is C20H36N4O. The van der Waals surface area contributed by atoms with Gasteiger partial charge in [0.05, 0.1) is 29.6 Å². The Kier molecular flexibility index (Phi) is 5.54. The standard InChI is InChI=1S/C20H36N4O/c1-6-7-12-23(5)13-18-16(2)21-22-24(18)17-8-10-20(11-9-17)14-19(3,4)15-25-20/h17H,6-15H2,1-5H3. The highest BCUT2D eigenvalue weighted by Gasteiger charge is 2.46. The van der Waals surface area contributed by atoms with Gasteiger partial charge in [-0.05, 0) is 64.5 Å². The van der Waals surface area contributed by atoms with Gasteiger partial charge in [-0.2, -0.15) is 0 Å². The first kappa shape index (κ1) is 18.8. The molecule has 2 fully saturated rings. The van der Waals surface area contributed by atoms with Crippen LogP contribution in [0.5, 0.6) is 0 Å². The highest BCUT2D eigenvalue weighted by atomic mass is 16.5. The fraction of sp³-hybridized carbons (Fsp3) is 0.900. The van der Waals surface area contributed by atoms with E-state index >= 15 is 0 Å². The van der Waals surface area contributed by atoms with E-state index in [2.05, 4.69) is 54.6 Å². The molecule has 1 saturated carbocycles. The van der Waals surface area contributed by atoms with Crippen LogP contribution >= 0.6 is 0 Å². The van der Waals surface area contributed by atoms with E-state index < -0.39 is 0 Å². The first-order valence-electron chi connectivity index (χ1n) is 10.1. The molecule has 0 aromatic carbocycles. The van der Waals surface area contributed by atoms with Gasteiger partial charge < -0.3 is 9.64 Å². The van der Waals surface area contributed by atoms with E-state index in [1.165, 1.54) is 25.0 Å². The van der Waals surface area contributed by atoms with Gasteiger partial charge in [0.25, 0.3) is 0 Å². The molecule has 0 radical (unpaired) electrons. The second-order valence-corrected chi connectivity index (χ2v) is 9.20. The van der Waals surface area contributed by atoms with E-state index in [1.54, 1.807) is 0 Å². The Morgan fingerprint density at radius 3 is 2.60 bits per heavy atom. The third-order valence-electron chi connectivity index (χ3n) is 6.08. The van der Waals surface area contributed by atoms with Crippen LogP contribution in [-0.2, 0) is 11.3 Å². The molecule has 2 aliphatic rings. The van der Waals surface area contributed by atoms with Crippen molar-refractivity contribution in [3.8, 4) is 0 Å². The van der Waals surface area contributed by atoms with Crippen molar-refractivity contribution in [3.05, 3.63) is 11.4 Å². The molecule has 1 saturated heterocycles. The Morgan fingerprint density at radius 1 is 1.28 bits per heavy atom. The van der Waals surface area contributed by atoms with Gasteiger partial charge in [-0.3, -0.25) is 0 Å². The van der Waals surface area contributed by atoms with Crippen LogP contribution in [0.25, 0.3) is 0 Å². The van der Waals surface area contributed by atoms with Gasteiger partial charge in [0, 0.05) is 6.54 Å². The fourth-order valence-electron chi connectivity index (χ4n) is 4.65. The van der Waals surface area contributed by atoms with Crippen molar-refractivity contribution in [3.63, 3.8) is 0 Å². The molecule has 1 aliphatic carbocycles. The smallest absolute Gasteiger partial charge is 0.0841 e. The Balaban J connectivity index is 1.64. The van der Waals surface area contributed by atoms with Crippen LogP contribution in [0, 0.1) is 12.3 Å². The topological polar surface area (TPSA) is 43.2 Å². The number of ether oxygens (including phenoxy) is 1. The zero-order valence-corrected chi connectivity index (χ0v) is 16.8. The molecule has 5 heteroatoms. The average Bonchev–Trinajstić information content (AvgIpc) is 3.07. The molecular weight excluding hydrogens is 312 g/mol. The summed E-state index contributed by atoms with van der Waals surface area (Å²) >= 11 is 0. The minimum absolute atomic E-state index is 0.133. The van der Waals surface area contributed by atoms with Crippen molar-refractivity contribution in [1.82, 2.24) is 19.9 Å². The number of hydrogen-bond donors (Lipinski definition) is 0. The maximum Gasteiger partial charge on any atom is 0.0841 e. The number of aromatic nitrogens is 3. The Morgan fingerprint density at radius 2 is 2.00 bits per heavy atom. The van der Waals surface area contributed by atoms with Gasteiger partial charge in [-0.15, -0.1) is 5.10 Å². The summed E-state index contributed by atoms with van der Waals surface area (Å²) in [5, 5.41) is 8.91. The van der Waals surface area contributed by atoms with Crippen LogP contribution in [0.1, 0.15) is 83.1 Å². The number of nitrogens with zero attached hydrogens (tertiary/aromatic N) is 4. The van der Waals surface area contributed by atoms with Crippen molar-refractivity contribution >= 4 is 0 Å². The predicted octanol–water partition coefficient (Wildman–Crippen LogP) is 4.12. The molecule has 1 aliphatic heterocycles. The summed E-state index contributed by atoms with van der Waals surface area (Å²) in [6.45, 7) is 12.0. The molecule has 1 spiro atoms. The summed E-state index contributed by atoms with van der Waals surface area (Å²) in [7, 11) is 2.21.